The van der Waals surface area contributed by atoms with Crippen molar-refractivity contribution in [1.82, 2.24) is 4.72 Å². The zero-order valence-electron chi connectivity index (χ0n) is 15.1. The number of hydrogen-bond donors (Lipinski definition) is 2. The normalized spacial score (nSPS) is 16.3. The molecule has 0 bridgehead atoms. The third kappa shape index (κ3) is 4.23. The lowest BCUT2D eigenvalue weighted by molar-refractivity contribution is -0.387. The summed E-state index contributed by atoms with van der Waals surface area (Å²) in [5.74, 6) is 0. The molecule has 0 aliphatic heterocycles. The number of nitrogens with two attached hydrogens (primary N) is 1. The van der Waals surface area contributed by atoms with E-state index in [9.17, 15) is 18.5 Å². The number of nitrogens with zero attached hydrogens (tertiary/aromatic N) is 1. The van der Waals surface area contributed by atoms with Gasteiger partial charge in [0.15, 0.2) is 4.90 Å². The summed E-state index contributed by atoms with van der Waals surface area (Å²) in [6.45, 7) is 3.45. The van der Waals surface area contributed by atoms with Gasteiger partial charge in [0.1, 0.15) is 0 Å². The number of nitro groups is 1. The first-order chi connectivity index (χ1) is 12.2. The van der Waals surface area contributed by atoms with E-state index >= 15 is 0 Å². The summed E-state index contributed by atoms with van der Waals surface area (Å²) in [7, 11) is -4.05. The number of nitrogens with one attached hydrogen (secondary N) is 1. The topological polar surface area (TPSA) is 115 Å². The maximum atomic E-state index is 12.9. The minimum atomic E-state index is -4.05. The molecule has 0 saturated carbocycles. The Morgan fingerprint density at radius 1 is 1.19 bits per heavy atom. The van der Waals surface area contributed by atoms with Gasteiger partial charge in [-0.05, 0) is 73.6 Å². The SMILES string of the molecule is Cc1cc([N+](=O)[O-])c(S(=O)(=O)NC2CCCc3cc(N)ccc32)cc1C.Cl. The van der Waals surface area contributed by atoms with Crippen molar-refractivity contribution in [2.45, 2.75) is 44.0 Å². The first kappa shape index (κ1) is 21.1. The molecule has 0 fully saturated rings. The Morgan fingerprint density at radius 3 is 2.52 bits per heavy atom. The van der Waals surface area contributed by atoms with Gasteiger partial charge in [-0.1, -0.05) is 6.07 Å². The Bertz CT molecular complexity index is 992. The van der Waals surface area contributed by atoms with Gasteiger partial charge >= 0.3 is 0 Å². The highest BCUT2D eigenvalue weighted by Gasteiger charge is 2.31. The van der Waals surface area contributed by atoms with Crippen LogP contribution < -0.4 is 10.5 Å². The molecule has 3 N–H and O–H groups in total. The maximum Gasteiger partial charge on any atom is 0.289 e. The molecule has 0 radical (unpaired) electrons. The first-order valence-corrected chi connectivity index (χ1v) is 9.83. The Kier molecular flexibility index (Phi) is 6.14. The van der Waals surface area contributed by atoms with Crippen molar-refractivity contribution in [3.63, 3.8) is 0 Å². The van der Waals surface area contributed by atoms with Crippen LogP contribution in [0.2, 0.25) is 0 Å². The smallest absolute Gasteiger partial charge is 0.289 e. The lowest BCUT2D eigenvalue weighted by atomic mass is 9.88. The third-order valence-corrected chi connectivity index (χ3v) is 6.34. The van der Waals surface area contributed by atoms with Crippen LogP contribution in [0, 0.1) is 24.0 Å². The highest BCUT2D eigenvalue weighted by molar-refractivity contribution is 7.89. The molecule has 1 aliphatic rings. The molecule has 0 heterocycles. The van der Waals surface area contributed by atoms with E-state index in [-0.39, 0.29) is 17.3 Å². The predicted octanol–water partition coefficient (Wildman–Crippen LogP) is 3.57. The van der Waals surface area contributed by atoms with Crippen molar-refractivity contribution in [2.24, 2.45) is 0 Å². The van der Waals surface area contributed by atoms with E-state index in [1.807, 2.05) is 12.1 Å². The number of nitro benzene ring substituents is 1. The van der Waals surface area contributed by atoms with Gasteiger partial charge in [-0.15, -0.1) is 12.4 Å². The Hall–Kier alpha value is -2.16. The summed E-state index contributed by atoms with van der Waals surface area (Å²) in [6, 6.07) is 7.66. The lowest BCUT2D eigenvalue weighted by Crippen LogP contribution is -2.31. The minimum Gasteiger partial charge on any atom is -0.399 e. The van der Waals surface area contributed by atoms with Gasteiger partial charge in [0.2, 0.25) is 10.0 Å². The summed E-state index contributed by atoms with van der Waals surface area (Å²) in [5, 5.41) is 11.4. The van der Waals surface area contributed by atoms with E-state index in [4.69, 9.17) is 5.73 Å². The van der Waals surface area contributed by atoms with E-state index in [2.05, 4.69) is 4.72 Å². The summed E-state index contributed by atoms with van der Waals surface area (Å²) < 4.78 is 28.5. The number of sulfonamides is 1. The molecule has 2 aromatic carbocycles. The third-order valence-electron chi connectivity index (χ3n) is 4.84. The standard InChI is InChI=1S/C18H21N3O4S.ClH/c1-11-8-17(21(22)23)18(9-12(11)2)26(24,25)20-16-5-3-4-13-10-14(19)6-7-15(13)16;/h6-10,16,20H,3-5,19H2,1-2H3;1H. The number of nitrogen functional groups attached to an aromatic ring is 1. The number of benzene rings is 2. The average molecular weight is 412 g/mol. The molecular formula is C18H22ClN3O4S. The van der Waals surface area contributed by atoms with Crippen molar-refractivity contribution in [3.05, 3.63) is 62.7 Å². The zero-order valence-corrected chi connectivity index (χ0v) is 16.7. The van der Waals surface area contributed by atoms with Gasteiger partial charge in [-0.2, -0.15) is 0 Å². The fourth-order valence-corrected chi connectivity index (χ4v) is 4.83. The molecule has 146 valence electrons. The van der Waals surface area contributed by atoms with E-state index in [1.165, 1.54) is 12.1 Å². The molecular weight excluding hydrogens is 390 g/mol. The van der Waals surface area contributed by atoms with Crippen LogP contribution >= 0.6 is 12.4 Å². The van der Waals surface area contributed by atoms with E-state index in [1.54, 1.807) is 19.9 Å². The molecule has 1 aliphatic carbocycles. The molecule has 1 unspecified atom stereocenters. The van der Waals surface area contributed by atoms with Gasteiger partial charge in [-0.25, -0.2) is 13.1 Å². The van der Waals surface area contributed by atoms with Gasteiger partial charge in [-0.3, -0.25) is 10.1 Å². The second-order valence-corrected chi connectivity index (χ2v) is 8.37. The van der Waals surface area contributed by atoms with Crippen LogP contribution in [0.3, 0.4) is 0 Å². The van der Waals surface area contributed by atoms with Crippen LogP contribution in [0.5, 0.6) is 0 Å². The van der Waals surface area contributed by atoms with Gasteiger partial charge in [0.25, 0.3) is 5.69 Å². The largest absolute Gasteiger partial charge is 0.399 e. The zero-order chi connectivity index (χ0) is 19.1. The molecule has 0 spiro atoms. The van der Waals surface area contributed by atoms with Crippen LogP contribution in [0.4, 0.5) is 11.4 Å². The highest BCUT2D eigenvalue weighted by Crippen LogP contribution is 2.34. The van der Waals surface area contributed by atoms with Crippen LogP contribution in [0.25, 0.3) is 0 Å². The fourth-order valence-electron chi connectivity index (χ4n) is 3.34. The van der Waals surface area contributed by atoms with Crippen LogP contribution in [0.15, 0.2) is 35.2 Å². The Labute approximate surface area is 164 Å². The monoisotopic (exact) mass is 411 g/mol. The van der Waals surface area contributed by atoms with Gasteiger partial charge in [0.05, 0.1) is 4.92 Å². The van der Waals surface area contributed by atoms with E-state index in [0.29, 0.717) is 23.2 Å². The molecule has 3 rings (SSSR count). The highest BCUT2D eigenvalue weighted by atomic mass is 35.5. The number of aryl methyl sites for hydroxylation is 3. The molecule has 0 amide bonds. The first-order valence-electron chi connectivity index (χ1n) is 8.35. The predicted molar refractivity (Wildman–Crippen MR) is 107 cm³/mol. The summed E-state index contributed by atoms with van der Waals surface area (Å²) >= 11 is 0. The van der Waals surface area contributed by atoms with Crippen LogP contribution in [-0.4, -0.2) is 13.3 Å². The van der Waals surface area contributed by atoms with Crippen molar-refractivity contribution in [1.29, 1.82) is 0 Å². The van der Waals surface area contributed by atoms with E-state index in [0.717, 1.165) is 24.0 Å². The molecule has 0 aromatic heterocycles. The molecule has 1 atom stereocenters. The molecule has 7 nitrogen and oxygen atoms in total. The second-order valence-electron chi connectivity index (χ2n) is 6.69. The second kappa shape index (κ2) is 7.84. The quantitative estimate of drug-likeness (QED) is 0.453. The van der Waals surface area contributed by atoms with Crippen molar-refractivity contribution >= 4 is 33.8 Å². The Balaban J connectivity index is 0.00000261. The molecule has 27 heavy (non-hydrogen) atoms. The number of halogens is 1. The van der Waals surface area contributed by atoms with Crippen LogP contribution in [0.1, 0.15) is 41.1 Å². The minimum absolute atomic E-state index is 0. The Morgan fingerprint density at radius 2 is 1.85 bits per heavy atom. The maximum absolute atomic E-state index is 12.9. The average Bonchev–Trinajstić information content (AvgIpc) is 2.56. The number of rotatable bonds is 4. The van der Waals surface area contributed by atoms with Crippen LogP contribution in [-0.2, 0) is 16.4 Å². The molecule has 9 heteroatoms. The lowest BCUT2D eigenvalue weighted by Gasteiger charge is -2.26. The molecule has 2 aromatic rings. The van der Waals surface area contributed by atoms with E-state index < -0.39 is 26.7 Å². The van der Waals surface area contributed by atoms with Gasteiger partial charge in [0, 0.05) is 17.8 Å². The van der Waals surface area contributed by atoms with Crippen molar-refractivity contribution in [2.75, 3.05) is 5.73 Å². The van der Waals surface area contributed by atoms with Crippen molar-refractivity contribution in [3.8, 4) is 0 Å². The number of hydrogen-bond acceptors (Lipinski definition) is 5. The summed E-state index contributed by atoms with van der Waals surface area (Å²) in [5.41, 5.74) is 9.29. The summed E-state index contributed by atoms with van der Waals surface area (Å²) in [4.78, 5) is 10.4. The molecule has 0 saturated heterocycles. The fraction of sp³-hybridized carbons (Fsp3) is 0.333. The summed E-state index contributed by atoms with van der Waals surface area (Å²) in [6.07, 6.45) is 2.29. The number of fused-ring (bicyclic) bond motifs is 1. The number of anilines is 1. The van der Waals surface area contributed by atoms with Gasteiger partial charge < -0.3 is 5.73 Å². The van der Waals surface area contributed by atoms with Crippen molar-refractivity contribution < 1.29 is 13.3 Å².